The first-order valence-electron chi connectivity index (χ1n) is 3.73. The molecule has 0 atom stereocenters. The summed E-state index contributed by atoms with van der Waals surface area (Å²) < 4.78 is 73.5. The lowest BCUT2D eigenvalue weighted by Crippen LogP contribution is -2.12. The number of aromatic nitrogens is 1. The van der Waals surface area contributed by atoms with Crippen molar-refractivity contribution < 1.29 is 26.3 Å². The molecule has 0 aromatic carbocycles. The zero-order valence-electron chi connectivity index (χ0n) is 7.32. The quantitative estimate of drug-likeness (QED) is 0.558. The summed E-state index contributed by atoms with van der Waals surface area (Å²) >= 11 is 0. The maximum atomic E-state index is 12.8. The average molecular weight is 240 g/mol. The second kappa shape index (κ2) is 4.00. The van der Waals surface area contributed by atoms with Crippen molar-refractivity contribution in [3.63, 3.8) is 0 Å². The van der Waals surface area contributed by atoms with Gasteiger partial charge in [0.05, 0.1) is 17.2 Å². The van der Waals surface area contributed by atoms with Crippen molar-refractivity contribution in [2.24, 2.45) is 0 Å². The summed E-state index contributed by atoms with van der Waals surface area (Å²) in [5.41, 5.74) is -4.21. The zero-order valence-corrected chi connectivity index (χ0v) is 7.32. The van der Waals surface area contributed by atoms with Crippen molar-refractivity contribution >= 4 is 0 Å². The van der Waals surface area contributed by atoms with Gasteiger partial charge in [-0.15, -0.1) is 0 Å². The Bertz CT molecular complexity index is 445. The van der Waals surface area contributed by atoms with Gasteiger partial charge in [-0.2, -0.15) is 22.8 Å². The maximum Gasteiger partial charge on any atom is 0.433 e. The van der Waals surface area contributed by atoms with E-state index in [2.05, 4.69) is 4.98 Å². The van der Waals surface area contributed by atoms with Crippen molar-refractivity contribution in [2.75, 3.05) is 0 Å². The summed E-state index contributed by atoms with van der Waals surface area (Å²) in [6.07, 6.45) is -8.39. The lowest BCUT2D eigenvalue weighted by molar-refractivity contribution is -0.141. The average Bonchev–Trinajstić information content (AvgIpc) is 2.14. The predicted molar refractivity (Wildman–Crippen MR) is 38.9 cm³/mol. The van der Waals surface area contributed by atoms with Crippen LogP contribution < -0.4 is 0 Å². The Morgan fingerprint density at radius 1 is 1.31 bits per heavy atom. The minimum atomic E-state index is -4.99. The molecule has 0 radical (unpaired) electrons. The molecule has 1 aromatic rings. The number of hydrogen-bond donors (Lipinski definition) is 0. The molecule has 16 heavy (non-hydrogen) atoms. The van der Waals surface area contributed by atoms with Crippen molar-refractivity contribution in [3.8, 4) is 6.07 Å². The largest absolute Gasteiger partial charge is 0.433 e. The number of alkyl halides is 5. The number of hydrogen-bond acceptors (Lipinski definition) is 2. The summed E-state index contributed by atoms with van der Waals surface area (Å²) in [6, 6.07) is 1.16. The second-order valence-electron chi connectivity index (χ2n) is 2.67. The number of halogens is 6. The van der Waals surface area contributed by atoms with Gasteiger partial charge in [0.25, 0.3) is 6.43 Å². The highest BCUT2D eigenvalue weighted by Crippen LogP contribution is 2.32. The molecule has 0 fully saturated rings. The molecule has 2 nitrogen and oxygen atoms in total. The molecule has 1 aromatic heterocycles. The van der Waals surface area contributed by atoms with Gasteiger partial charge in [0.1, 0.15) is 5.69 Å². The first kappa shape index (κ1) is 12.3. The van der Waals surface area contributed by atoms with Gasteiger partial charge in [0, 0.05) is 0 Å². The normalized spacial score (nSPS) is 11.6. The third kappa shape index (κ3) is 2.24. The summed E-state index contributed by atoms with van der Waals surface area (Å²) in [5, 5.41) is 8.34. The van der Waals surface area contributed by atoms with E-state index in [4.69, 9.17) is 5.26 Å². The molecule has 1 heterocycles. The topological polar surface area (TPSA) is 36.7 Å². The Morgan fingerprint density at radius 2 is 1.88 bits per heavy atom. The number of rotatable bonds is 1. The summed E-state index contributed by atoms with van der Waals surface area (Å²) in [7, 11) is 0. The van der Waals surface area contributed by atoms with Crippen LogP contribution in [0.2, 0.25) is 0 Å². The molecule has 0 aliphatic carbocycles. The van der Waals surface area contributed by atoms with E-state index in [9.17, 15) is 26.3 Å². The molecular weight excluding hydrogens is 238 g/mol. The van der Waals surface area contributed by atoms with E-state index in [-0.39, 0.29) is 6.07 Å². The van der Waals surface area contributed by atoms with Gasteiger partial charge >= 0.3 is 6.18 Å². The highest BCUT2D eigenvalue weighted by atomic mass is 19.4. The van der Waals surface area contributed by atoms with E-state index < -0.39 is 35.4 Å². The molecule has 86 valence electrons. The Kier molecular flexibility index (Phi) is 3.07. The van der Waals surface area contributed by atoms with Crippen LogP contribution in [0.5, 0.6) is 0 Å². The van der Waals surface area contributed by atoms with Gasteiger partial charge in [-0.1, -0.05) is 0 Å². The second-order valence-corrected chi connectivity index (χ2v) is 2.67. The Morgan fingerprint density at radius 3 is 2.25 bits per heavy atom. The molecule has 0 saturated heterocycles. The van der Waals surface area contributed by atoms with Crippen LogP contribution >= 0.6 is 0 Å². The highest BCUT2D eigenvalue weighted by Gasteiger charge is 2.35. The van der Waals surface area contributed by atoms with Crippen LogP contribution in [0.15, 0.2) is 6.07 Å². The SMILES string of the molecule is N#Cc1cc(C(F)(F)F)nc(F)c1C(F)F. The Labute approximate surface area is 85.1 Å². The number of nitriles is 1. The van der Waals surface area contributed by atoms with Gasteiger partial charge in [0.15, 0.2) is 0 Å². The van der Waals surface area contributed by atoms with E-state index in [1.807, 2.05) is 0 Å². The van der Waals surface area contributed by atoms with Crippen LogP contribution in [-0.4, -0.2) is 4.98 Å². The Balaban J connectivity index is 3.46. The minimum absolute atomic E-state index is 0.0879. The van der Waals surface area contributed by atoms with E-state index >= 15 is 0 Å². The van der Waals surface area contributed by atoms with Crippen LogP contribution in [0.3, 0.4) is 0 Å². The van der Waals surface area contributed by atoms with Gasteiger partial charge in [-0.05, 0) is 6.07 Å². The third-order valence-electron chi connectivity index (χ3n) is 1.64. The van der Waals surface area contributed by atoms with E-state index in [1.54, 1.807) is 0 Å². The summed E-state index contributed by atoms with van der Waals surface area (Å²) in [4.78, 5) is 2.35. The molecule has 0 amide bonds. The van der Waals surface area contributed by atoms with Crippen LogP contribution in [0.1, 0.15) is 23.2 Å². The van der Waals surface area contributed by atoms with Crippen molar-refractivity contribution in [1.29, 1.82) is 5.26 Å². The van der Waals surface area contributed by atoms with E-state index in [1.165, 1.54) is 0 Å². The van der Waals surface area contributed by atoms with Crippen molar-refractivity contribution in [3.05, 3.63) is 28.8 Å². The first-order valence-corrected chi connectivity index (χ1v) is 3.73. The molecule has 0 spiro atoms. The van der Waals surface area contributed by atoms with Crippen LogP contribution in [0.25, 0.3) is 0 Å². The van der Waals surface area contributed by atoms with Crippen molar-refractivity contribution in [1.82, 2.24) is 4.98 Å². The number of pyridine rings is 1. The molecule has 0 aliphatic heterocycles. The molecule has 8 heteroatoms. The molecule has 0 unspecified atom stereocenters. The molecule has 0 saturated carbocycles. The van der Waals surface area contributed by atoms with Gasteiger partial charge in [-0.3, -0.25) is 0 Å². The lowest BCUT2D eigenvalue weighted by Gasteiger charge is -2.09. The minimum Gasteiger partial charge on any atom is -0.215 e. The summed E-state index contributed by atoms with van der Waals surface area (Å²) in [6.45, 7) is 0. The molecule has 0 aliphatic rings. The van der Waals surface area contributed by atoms with Crippen LogP contribution in [0, 0.1) is 17.3 Å². The van der Waals surface area contributed by atoms with Gasteiger partial charge in [-0.25, -0.2) is 13.8 Å². The highest BCUT2D eigenvalue weighted by molar-refractivity contribution is 5.39. The zero-order chi connectivity index (χ0) is 12.5. The van der Waals surface area contributed by atoms with Gasteiger partial charge < -0.3 is 0 Å². The fourth-order valence-corrected chi connectivity index (χ4v) is 0.969. The maximum absolute atomic E-state index is 12.8. The van der Waals surface area contributed by atoms with Gasteiger partial charge in [0.2, 0.25) is 5.95 Å². The first-order chi connectivity index (χ1) is 7.27. The Hall–Kier alpha value is -1.78. The lowest BCUT2D eigenvalue weighted by atomic mass is 10.1. The summed E-state index contributed by atoms with van der Waals surface area (Å²) in [5.74, 6) is -1.98. The fourth-order valence-electron chi connectivity index (χ4n) is 0.969. The monoisotopic (exact) mass is 240 g/mol. The van der Waals surface area contributed by atoms with Crippen molar-refractivity contribution in [2.45, 2.75) is 12.6 Å². The van der Waals surface area contributed by atoms with E-state index in [0.717, 1.165) is 6.07 Å². The standard InChI is InChI=1S/C8H2F6N2/c9-6(10)5-3(2-15)1-4(8(12,13)14)16-7(5)11/h1,6H. The smallest absolute Gasteiger partial charge is 0.215 e. The molecule has 0 bridgehead atoms. The third-order valence-corrected chi connectivity index (χ3v) is 1.64. The van der Waals surface area contributed by atoms with Crippen LogP contribution in [0.4, 0.5) is 26.3 Å². The molecule has 0 N–H and O–H groups in total. The molecular formula is C8H2F6N2. The molecule has 1 rings (SSSR count). The predicted octanol–water partition coefficient (Wildman–Crippen LogP) is 3.05. The fraction of sp³-hybridized carbons (Fsp3) is 0.250. The van der Waals surface area contributed by atoms with E-state index in [0.29, 0.717) is 0 Å². The van der Waals surface area contributed by atoms with Crippen LogP contribution in [-0.2, 0) is 6.18 Å². The number of nitrogens with zero attached hydrogens (tertiary/aromatic N) is 2.